The molecule has 0 aliphatic heterocycles. The van der Waals surface area contributed by atoms with Crippen LogP contribution in [0.2, 0.25) is 0 Å². The van der Waals surface area contributed by atoms with Crippen molar-refractivity contribution in [3.63, 3.8) is 0 Å². The van der Waals surface area contributed by atoms with Crippen LogP contribution in [-0.2, 0) is 6.61 Å². The lowest BCUT2D eigenvalue weighted by atomic mass is 10.3. The molecule has 1 heterocycles. The number of aliphatic hydroxyl groups excluding tert-OH is 1. The first kappa shape index (κ1) is 8.04. The maximum Gasteiger partial charge on any atom is 0.0861 e. The molecule has 0 bridgehead atoms. The molecule has 0 amide bonds. The number of nitrogens with zero attached hydrogens (tertiary/aromatic N) is 1. The van der Waals surface area contributed by atoms with Gasteiger partial charge >= 0.3 is 0 Å². The summed E-state index contributed by atoms with van der Waals surface area (Å²) in [5.41, 5.74) is 1.94. The highest BCUT2D eigenvalue weighted by atomic mass is 32.2. The molecule has 1 aromatic heterocycles. The molecule has 0 aliphatic carbocycles. The van der Waals surface area contributed by atoms with Gasteiger partial charge in [-0.25, -0.2) is 0 Å². The molecular weight excluding hydrogens is 166 g/mol. The zero-order valence-corrected chi connectivity index (χ0v) is 7.55. The third-order valence-electron chi connectivity index (χ3n) is 1.29. The standard InChI is InChI=1S/C6H9NOS2/c1-4-5(3-8)6(9-2)10-7-4/h8H,3H2,1-2H3. The van der Waals surface area contributed by atoms with Gasteiger partial charge in [-0.3, -0.25) is 0 Å². The van der Waals surface area contributed by atoms with E-state index in [4.69, 9.17) is 5.11 Å². The van der Waals surface area contributed by atoms with Crippen molar-refractivity contribution < 1.29 is 5.11 Å². The molecule has 1 rings (SSSR count). The molecule has 0 aliphatic rings. The van der Waals surface area contributed by atoms with Crippen molar-refractivity contribution in [3.8, 4) is 0 Å². The molecule has 0 unspecified atom stereocenters. The van der Waals surface area contributed by atoms with Crippen LogP contribution in [0.4, 0.5) is 0 Å². The highest BCUT2D eigenvalue weighted by molar-refractivity contribution is 8.00. The Labute approximate surface area is 68.4 Å². The second kappa shape index (κ2) is 3.37. The maximum atomic E-state index is 8.87. The summed E-state index contributed by atoms with van der Waals surface area (Å²) in [6.07, 6.45) is 1.99. The quantitative estimate of drug-likeness (QED) is 0.694. The van der Waals surface area contributed by atoms with Gasteiger partial charge in [-0.15, -0.1) is 11.8 Å². The third kappa shape index (κ3) is 1.33. The van der Waals surface area contributed by atoms with Crippen LogP contribution in [-0.4, -0.2) is 15.7 Å². The SMILES string of the molecule is CSc1snc(C)c1CO. The Morgan fingerprint density at radius 1 is 1.70 bits per heavy atom. The van der Waals surface area contributed by atoms with Crippen molar-refractivity contribution in [2.45, 2.75) is 17.7 Å². The zero-order chi connectivity index (χ0) is 7.56. The molecule has 56 valence electrons. The Kier molecular flexibility index (Phi) is 2.71. The monoisotopic (exact) mass is 175 g/mol. The summed E-state index contributed by atoms with van der Waals surface area (Å²) in [5, 5.41) is 8.87. The van der Waals surface area contributed by atoms with Gasteiger partial charge in [0, 0.05) is 5.56 Å². The molecule has 4 heteroatoms. The number of aliphatic hydroxyl groups is 1. The van der Waals surface area contributed by atoms with E-state index in [9.17, 15) is 0 Å². The Morgan fingerprint density at radius 3 is 2.80 bits per heavy atom. The molecule has 1 N–H and O–H groups in total. The average molecular weight is 175 g/mol. The maximum absolute atomic E-state index is 8.87. The van der Waals surface area contributed by atoms with E-state index in [1.54, 1.807) is 11.8 Å². The van der Waals surface area contributed by atoms with Gasteiger partial charge in [-0.05, 0) is 24.7 Å². The molecule has 0 saturated carbocycles. The van der Waals surface area contributed by atoms with Crippen molar-refractivity contribution in [1.82, 2.24) is 4.37 Å². The van der Waals surface area contributed by atoms with Crippen LogP contribution in [0.5, 0.6) is 0 Å². The fourth-order valence-corrected chi connectivity index (χ4v) is 2.23. The van der Waals surface area contributed by atoms with E-state index in [1.807, 2.05) is 13.2 Å². The molecule has 0 atom stereocenters. The van der Waals surface area contributed by atoms with Gasteiger partial charge in [0.05, 0.1) is 16.5 Å². The summed E-state index contributed by atoms with van der Waals surface area (Å²) >= 11 is 3.09. The van der Waals surface area contributed by atoms with Crippen LogP contribution < -0.4 is 0 Å². The van der Waals surface area contributed by atoms with E-state index in [2.05, 4.69) is 4.37 Å². The smallest absolute Gasteiger partial charge is 0.0861 e. The van der Waals surface area contributed by atoms with E-state index < -0.39 is 0 Å². The fraction of sp³-hybridized carbons (Fsp3) is 0.500. The highest BCUT2D eigenvalue weighted by Gasteiger charge is 2.06. The van der Waals surface area contributed by atoms with Gasteiger partial charge in [-0.1, -0.05) is 0 Å². The van der Waals surface area contributed by atoms with E-state index >= 15 is 0 Å². The Bertz CT molecular complexity index is 222. The molecule has 1 aromatic rings. The van der Waals surface area contributed by atoms with Crippen molar-refractivity contribution in [2.24, 2.45) is 0 Å². The van der Waals surface area contributed by atoms with E-state index in [0.29, 0.717) is 0 Å². The summed E-state index contributed by atoms with van der Waals surface area (Å²) in [7, 11) is 0. The average Bonchev–Trinajstić information content (AvgIpc) is 2.30. The second-order valence-corrected chi connectivity index (χ2v) is 3.74. The van der Waals surface area contributed by atoms with Gasteiger partial charge in [0.15, 0.2) is 0 Å². The molecule has 0 aromatic carbocycles. The lowest BCUT2D eigenvalue weighted by Gasteiger charge is -1.93. The minimum Gasteiger partial charge on any atom is -0.392 e. The van der Waals surface area contributed by atoms with Crippen LogP contribution >= 0.6 is 23.3 Å². The highest BCUT2D eigenvalue weighted by Crippen LogP contribution is 2.27. The molecular formula is C6H9NOS2. The Balaban J connectivity index is 3.01. The van der Waals surface area contributed by atoms with Gasteiger partial charge in [-0.2, -0.15) is 4.37 Å². The fourth-order valence-electron chi connectivity index (χ4n) is 0.707. The summed E-state index contributed by atoms with van der Waals surface area (Å²) in [5.74, 6) is 0. The first-order chi connectivity index (χ1) is 4.79. The summed E-state index contributed by atoms with van der Waals surface area (Å²) < 4.78 is 5.24. The van der Waals surface area contributed by atoms with Crippen LogP contribution in [0.25, 0.3) is 0 Å². The van der Waals surface area contributed by atoms with Crippen LogP contribution in [0.15, 0.2) is 4.21 Å². The first-order valence-corrected chi connectivity index (χ1v) is 4.89. The minimum absolute atomic E-state index is 0.110. The number of hydrogen-bond acceptors (Lipinski definition) is 4. The lowest BCUT2D eigenvalue weighted by Crippen LogP contribution is -1.84. The topological polar surface area (TPSA) is 33.1 Å². The summed E-state index contributed by atoms with van der Waals surface area (Å²) in [6, 6.07) is 0. The lowest BCUT2D eigenvalue weighted by molar-refractivity contribution is 0.279. The van der Waals surface area contributed by atoms with Crippen molar-refractivity contribution in [2.75, 3.05) is 6.26 Å². The number of aromatic nitrogens is 1. The molecule has 2 nitrogen and oxygen atoms in total. The molecule has 0 fully saturated rings. The van der Waals surface area contributed by atoms with Crippen molar-refractivity contribution in [3.05, 3.63) is 11.3 Å². The number of aryl methyl sites for hydroxylation is 1. The molecule has 0 spiro atoms. The summed E-state index contributed by atoms with van der Waals surface area (Å²) in [4.78, 5) is 0. The number of rotatable bonds is 2. The van der Waals surface area contributed by atoms with Gasteiger partial charge in [0.1, 0.15) is 0 Å². The first-order valence-electron chi connectivity index (χ1n) is 2.89. The summed E-state index contributed by atoms with van der Waals surface area (Å²) in [6.45, 7) is 2.03. The predicted molar refractivity (Wildman–Crippen MR) is 44.6 cm³/mol. The number of hydrogen-bond donors (Lipinski definition) is 1. The van der Waals surface area contributed by atoms with E-state index in [1.165, 1.54) is 11.5 Å². The number of thioether (sulfide) groups is 1. The normalized spacial score (nSPS) is 10.3. The predicted octanol–water partition coefficient (Wildman–Crippen LogP) is 1.67. The van der Waals surface area contributed by atoms with Crippen LogP contribution in [0.3, 0.4) is 0 Å². The minimum atomic E-state index is 0.110. The third-order valence-corrected chi connectivity index (χ3v) is 3.41. The molecule has 0 radical (unpaired) electrons. The largest absolute Gasteiger partial charge is 0.392 e. The van der Waals surface area contributed by atoms with Gasteiger partial charge in [0.25, 0.3) is 0 Å². The van der Waals surface area contributed by atoms with E-state index in [0.717, 1.165) is 15.5 Å². The van der Waals surface area contributed by atoms with Gasteiger partial charge < -0.3 is 5.11 Å². The van der Waals surface area contributed by atoms with Crippen molar-refractivity contribution >= 4 is 23.3 Å². The Hall–Kier alpha value is -0.0600. The van der Waals surface area contributed by atoms with E-state index in [-0.39, 0.29) is 6.61 Å². The Morgan fingerprint density at radius 2 is 2.40 bits per heavy atom. The van der Waals surface area contributed by atoms with Crippen molar-refractivity contribution in [1.29, 1.82) is 0 Å². The second-order valence-electron chi connectivity index (χ2n) is 1.90. The molecule has 0 saturated heterocycles. The van der Waals surface area contributed by atoms with Crippen LogP contribution in [0, 0.1) is 6.92 Å². The molecule has 10 heavy (non-hydrogen) atoms. The van der Waals surface area contributed by atoms with Gasteiger partial charge in [0.2, 0.25) is 0 Å². The zero-order valence-electron chi connectivity index (χ0n) is 5.92. The van der Waals surface area contributed by atoms with Crippen LogP contribution in [0.1, 0.15) is 11.3 Å².